The molecule has 0 aromatic rings. The largest absolute Gasteiger partial charge is 0.355 e. The van der Waals surface area contributed by atoms with Gasteiger partial charge in [-0.3, -0.25) is 9.69 Å². The summed E-state index contributed by atoms with van der Waals surface area (Å²) in [5.74, 6) is 0.200. The molecule has 0 fully saturated rings. The molecule has 6 heteroatoms. The van der Waals surface area contributed by atoms with E-state index < -0.39 is 0 Å². The molecule has 0 bridgehead atoms. The molecule has 0 spiro atoms. The maximum absolute atomic E-state index is 12.1. The number of carbonyl (C=O) groups excluding carboxylic acids is 1. The minimum atomic E-state index is 0.200. The summed E-state index contributed by atoms with van der Waals surface area (Å²) in [6, 6.07) is 0. The first-order chi connectivity index (χ1) is 16.7. The molecule has 0 aromatic carbocycles. The molecule has 4 N–H and O–H groups in total. The van der Waals surface area contributed by atoms with Gasteiger partial charge in [0.05, 0.1) is 0 Å². The zero-order valence-corrected chi connectivity index (χ0v) is 22.8. The Morgan fingerprint density at radius 2 is 1.29 bits per heavy atom. The van der Waals surface area contributed by atoms with E-state index in [1.807, 2.05) is 14.1 Å². The van der Waals surface area contributed by atoms with Crippen LogP contribution in [0.2, 0.25) is 0 Å². The van der Waals surface area contributed by atoms with E-state index in [1.54, 1.807) is 0 Å². The number of allylic oxidation sites excluding steroid dienone is 4. The number of nitrogens with zero attached hydrogens (tertiary/aromatic N) is 1. The Balaban J connectivity index is 3.61. The quantitative estimate of drug-likeness (QED) is 0.110. The fourth-order valence-electron chi connectivity index (χ4n) is 3.72. The molecule has 0 aliphatic carbocycles. The molecule has 0 saturated heterocycles. The first-order valence-corrected chi connectivity index (χ1v) is 14.0. The average Bonchev–Trinajstić information content (AvgIpc) is 2.84. The number of rotatable bonds is 26. The average molecular weight is 480 g/mol. The van der Waals surface area contributed by atoms with Gasteiger partial charge in [-0.2, -0.15) is 0 Å². The zero-order valence-electron chi connectivity index (χ0n) is 22.8. The van der Waals surface area contributed by atoms with Gasteiger partial charge in [0.2, 0.25) is 5.91 Å². The molecule has 0 rings (SSSR count). The summed E-state index contributed by atoms with van der Waals surface area (Å²) in [5.41, 5.74) is 0. The van der Waals surface area contributed by atoms with Crippen LogP contribution in [-0.2, 0) is 4.79 Å². The highest BCUT2D eigenvalue weighted by atomic mass is 16.1. The lowest BCUT2D eigenvalue weighted by molar-refractivity contribution is -0.121. The molecule has 0 aromatic heterocycles. The van der Waals surface area contributed by atoms with E-state index >= 15 is 0 Å². The van der Waals surface area contributed by atoms with Crippen molar-refractivity contribution in [1.82, 2.24) is 26.2 Å². The molecular formula is C28H57N5O. The molecule has 0 unspecified atom stereocenters. The molecule has 0 aliphatic heterocycles. The number of likely N-dealkylation sites (N-methyl/N-ethyl adjacent to an activating group) is 2. The Kier molecular flexibility index (Phi) is 27.0. The van der Waals surface area contributed by atoms with Crippen molar-refractivity contribution in [3.05, 3.63) is 24.3 Å². The molecule has 0 saturated carbocycles. The lowest BCUT2D eigenvalue weighted by Crippen LogP contribution is -2.41. The third-order valence-electron chi connectivity index (χ3n) is 5.94. The first kappa shape index (κ1) is 32.8. The summed E-state index contributed by atoms with van der Waals surface area (Å²) >= 11 is 0. The van der Waals surface area contributed by atoms with Crippen molar-refractivity contribution in [2.45, 2.75) is 84.0 Å². The lowest BCUT2D eigenvalue weighted by Gasteiger charge is -2.22. The van der Waals surface area contributed by atoms with Crippen LogP contribution in [0.1, 0.15) is 84.0 Å². The molecular weight excluding hydrogens is 422 g/mol. The Morgan fingerprint density at radius 3 is 2.00 bits per heavy atom. The van der Waals surface area contributed by atoms with Crippen LogP contribution < -0.4 is 21.3 Å². The van der Waals surface area contributed by atoms with E-state index in [1.165, 1.54) is 51.4 Å². The van der Waals surface area contributed by atoms with Gasteiger partial charge in [0.1, 0.15) is 0 Å². The van der Waals surface area contributed by atoms with Crippen molar-refractivity contribution >= 4 is 5.91 Å². The van der Waals surface area contributed by atoms with Gasteiger partial charge in [-0.05, 0) is 52.6 Å². The smallest absolute Gasteiger partial charge is 0.220 e. The number of amides is 1. The summed E-state index contributed by atoms with van der Waals surface area (Å²) < 4.78 is 0. The van der Waals surface area contributed by atoms with Crippen LogP contribution in [0.25, 0.3) is 0 Å². The van der Waals surface area contributed by atoms with E-state index in [-0.39, 0.29) is 5.91 Å². The summed E-state index contributed by atoms with van der Waals surface area (Å²) in [7, 11) is 3.95. The van der Waals surface area contributed by atoms with Crippen molar-refractivity contribution in [3.63, 3.8) is 0 Å². The number of nitrogens with one attached hydrogen (secondary N) is 4. The predicted molar refractivity (Wildman–Crippen MR) is 150 cm³/mol. The molecule has 200 valence electrons. The van der Waals surface area contributed by atoms with Crippen LogP contribution in [0, 0.1) is 0 Å². The Labute approximate surface area is 211 Å². The van der Waals surface area contributed by atoms with Crippen molar-refractivity contribution < 1.29 is 4.79 Å². The number of hydrogen-bond donors (Lipinski definition) is 4. The van der Waals surface area contributed by atoms with Gasteiger partial charge in [0.25, 0.3) is 0 Å². The standard InChI is InChI=1S/C28H57N5O/c1-4-5-6-7-8-9-10-11-12-13-14-15-16-17-18-19-28(34)32-24-27-33(25-22-30-3)26-23-31-21-20-29-2/h8-9,11-12,29-31H,4-7,10,13-27H2,1-3H3,(H,32,34)/b9-8-,12-11-. The molecule has 0 heterocycles. The van der Waals surface area contributed by atoms with E-state index in [2.05, 4.69) is 57.4 Å². The van der Waals surface area contributed by atoms with Crippen LogP contribution in [-0.4, -0.2) is 77.3 Å². The Bertz CT molecular complexity index is 481. The molecule has 34 heavy (non-hydrogen) atoms. The van der Waals surface area contributed by atoms with Gasteiger partial charge >= 0.3 is 0 Å². The number of hydrogen-bond acceptors (Lipinski definition) is 5. The van der Waals surface area contributed by atoms with Crippen molar-refractivity contribution in [1.29, 1.82) is 0 Å². The fraction of sp³-hybridized carbons (Fsp3) is 0.821. The second-order valence-electron chi connectivity index (χ2n) is 9.13. The third-order valence-corrected chi connectivity index (χ3v) is 5.94. The Morgan fingerprint density at radius 1 is 0.676 bits per heavy atom. The summed E-state index contributed by atoms with van der Waals surface area (Å²) in [5, 5.41) is 12.9. The highest BCUT2D eigenvalue weighted by Gasteiger charge is 2.06. The number of carbonyl (C=O) groups is 1. The second-order valence-corrected chi connectivity index (χ2v) is 9.13. The summed E-state index contributed by atoms with van der Waals surface area (Å²) in [4.78, 5) is 14.5. The Hall–Kier alpha value is -1.21. The molecule has 0 radical (unpaired) electrons. The number of unbranched alkanes of at least 4 members (excludes halogenated alkanes) is 8. The molecule has 6 nitrogen and oxygen atoms in total. The minimum Gasteiger partial charge on any atom is -0.355 e. The molecule has 0 atom stereocenters. The van der Waals surface area contributed by atoms with Gasteiger partial charge in [-0.15, -0.1) is 0 Å². The first-order valence-electron chi connectivity index (χ1n) is 14.0. The highest BCUT2D eigenvalue weighted by Crippen LogP contribution is 2.08. The SMILES string of the molecule is CCCCC/C=C\C/C=C\CCCCCCCC(=O)NCCN(CCNC)CCNCCNC. The lowest BCUT2D eigenvalue weighted by atomic mass is 10.1. The van der Waals surface area contributed by atoms with Gasteiger partial charge in [0.15, 0.2) is 0 Å². The minimum absolute atomic E-state index is 0.200. The maximum atomic E-state index is 12.1. The normalized spacial score (nSPS) is 11.9. The molecule has 0 aliphatic rings. The van der Waals surface area contributed by atoms with Crippen LogP contribution in [0.3, 0.4) is 0 Å². The van der Waals surface area contributed by atoms with Crippen LogP contribution in [0.5, 0.6) is 0 Å². The van der Waals surface area contributed by atoms with Crippen molar-refractivity contribution in [3.8, 4) is 0 Å². The summed E-state index contributed by atoms with van der Waals surface area (Å²) in [6.45, 7) is 9.82. The van der Waals surface area contributed by atoms with E-state index in [4.69, 9.17) is 0 Å². The van der Waals surface area contributed by atoms with Crippen molar-refractivity contribution in [2.24, 2.45) is 0 Å². The van der Waals surface area contributed by atoms with Crippen LogP contribution >= 0.6 is 0 Å². The highest BCUT2D eigenvalue weighted by molar-refractivity contribution is 5.75. The van der Waals surface area contributed by atoms with Gasteiger partial charge in [-0.1, -0.05) is 63.3 Å². The van der Waals surface area contributed by atoms with E-state index in [0.29, 0.717) is 6.42 Å². The summed E-state index contributed by atoms with van der Waals surface area (Å²) in [6.07, 6.45) is 23.2. The third kappa shape index (κ3) is 25.4. The van der Waals surface area contributed by atoms with Crippen LogP contribution in [0.15, 0.2) is 24.3 Å². The monoisotopic (exact) mass is 479 g/mol. The van der Waals surface area contributed by atoms with Gasteiger partial charge in [0, 0.05) is 58.8 Å². The topological polar surface area (TPSA) is 68.4 Å². The van der Waals surface area contributed by atoms with Crippen LogP contribution in [0.4, 0.5) is 0 Å². The van der Waals surface area contributed by atoms with E-state index in [0.717, 1.165) is 71.6 Å². The van der Waals surface area contributed by atoms with E-state index in [9.17, 15) is 4.79 Å². The maximum Gasteiger partial charge on any atom is 0.220 e. The predicted octanol–water partition coefficient (Wildman–Crippen LogP) is 4.25. The fourth-order valence-corrected chi connectivity index (χ4v) is 3.72. The molecule has 1 amide bonds. The zero-order chi connectivity index (χ0) is 25.0. The van der Waals surface area contributed by atoms with Gasteiger partial charge in [-0.25, -0.2) is 0 Å². The van der Waals surface area contributed by atoms with Gasteiger partial charge < -0.3 is 21.3 Å². The van der Waals surface area contributed by atoms with Crippen molar-refractivity contribution in [2.75, 3.05) is 66.5 Å². The second kappa shape index (κ2) is 28.0.